The van der Waals surface area contributed by atoms with Crippen molar-refractivity contribution >= 4 is 44.8 Å². The number of hydrogen-bond acceptors (Lipinski definition) is 5. The quantitative estimate of drug-likeness (QED) is 0.738. The second-order valence-electron chi connectivity index (χ2n) is 4.75. The summed E-state index contributed by atoms with van der Waals surface area (Å²) < 4.78 is 7.53. The van der Waals surface area contributed by atoms with Crippen LogP contribution in [0.15, 0.2) is 16.7 Å². The molecule has 0 fully saturated rings. The molecule has 0 saturated heterocycles. The largest absolute Gasteiger partial charge is 0.383 e. The van der Waals surface area contributed by atoms with Crippen molar-refractivity contribution in [3.8, 4) is 0 Å². The van der Waals surface area contributed by atoms with Crippen molar-refractivity contribution in [1.82, 2.24) is 9.78 Å². The van der Waals surface area contributed by atoms with Gasteiger partial charge in [-0.05, 0) is 39.7 Å². The summed E-state index contributed by atoms with van der Waals surface area (Å²) in [4.78, 5) is 15.0. The molecule has 0 aliphatic carbocycles. The van der Waals surface area contributed by atoms with E-state index < -0.39 is 0 Å². The van der Waals surface area contributed by atoms with E-state index in [1.807, 2.05) is 11.8 Å². The van der Waals surface area contributed by atoms with Crippen molar-refractivity contribution < 1.29 is 9.53 Å². The Bertz CT molecular complexity index is 642. The lowest BCUT2D eigenvalue weighted by molar-refractivity contribution is 0.102. The highest BCUT2D eigenvalue weighted by atomic mass is 79.9. The van der Waals surface area contributed by atoms with Gasteiger partial charge < -0.3 is 4.74 Å². The van der Waals surface area contributed by atoms with Crippen LogP contribution in [0.2, 0.25) is 0 Å². The number of methoxy groups -OCH3 is 1. The van der Waals surface area contributed by atoms with Gasteiger partial charge in [-0.25, -0.2) is 0 Å². The third-order valence-corrected chi connectivity index (χ3v) is 6.19. The fourth-order valence-corrected chi connectivity index (χ4v) is 5.10. The maximum Gasteiger partial charge on any atom is 0.222 e. The zero-order valence-corrected chi connectivity index (χ0v) is 14.8. The van der Waals surface area contributed by atoms with Gasteiger partial charge in [0.15, 0.2) is 0 Å². The molecule has 0 radical (unpaired) electrons. The number of ketones is 1. The summed E-state index contributed by atoms with van der Waals surface area (Å²) in [5.41, 5.74) is 1.93. The van der Waals surface area contributed by atoms with Crippen LogP contribution >= 0.6 is 39.0 Å². The molecule has 7 heteroatoms. The summed E-state index contributed by atoms with van der Waals surface area (Å²) in [7, 11) is 1.64. The van der Waals surface area contributed by atoms with E-state index in [0.717, 1.165) is 27.3 Å². The molecule has 3 rings (SSSR count). The third kappa shape index (κ3) is 3.11. The van der Waals surface area contributed by atoms with E-state index in [2.05, 4.69) is 27.1 Å². The Morgan fingerprint density at radius 2 is 2.43 bits per heavy atom. The molecule has 0 aromatic carbocycles. The van der Waals surface area contributed by atoms with Gasteiger partial charge in [0.1, 0.15) is 5.69 Å². The first-order valence-corrected chi connectivity index (χ1v) is 9.41. The molecular weight excluding hydrogens is 372 g/mol. The van der Waals surface area contributed by atoms with Crippen LogP contribution in [-0.4, -0.2) is 35.0 Å². The normalized spacial score (nSPS) is 14.2. The van der Waals surface area contributed by atoms with Crippen LogP contribution in [0.4, 0.5) is 0 Å². The summed E-state index contributed by atoms with van der Waals surface area (Å²) in [6, 6.07) is 2.05. The van der Waals surface area contributed by atoms with Crippen molar-refractivity contribution in [2.24, 2.45) is 0 Å². The van der Waals surface area contributed by atoms with E-state index in [1.54, 1.807) is 29.3 Å². The fourth-order valence-electron chi connectivity index (χ4n) is 2.31. The van der Waals surface area contributed by atoms with Gasteiger partial charge in [-0.3, -0.25) is 9.48 Å². The van der Waals surface area contributed by atoms with Gasteiger partial charge >= 0.3 is 0 Å². The molecule has 0 spiro atoms. The Kier molecular flexibility index (Phi) is 4.83. The van der Waals surface area contributed by atoms with Crippen LogP contribution in [0.5, 0.6) is 0 Å². The van der Waals surface area contributed by atoms with E-state index in [9.17, 15) is 4.79 Å². The Hall–Kier alpha value is -0.630. The van der Waals surface area contributed by atoms with Gasteiger partial charge in [-0.1, -0.05) is 0 Å². The maximum atomic E-state index is 12.8. The molecule has 1 aliphatic heterocycles. The second-order valence-corrected chi connectivity index (χ2v) is 7.84. The van der Waals surface area contributed by atoms with E-state index in [4.69, 9.17) is 4.74 Å². The SMILES string of the molecule is COCCn1ncc(Br)c1C(=O)c1cc2c(s1)CCSC2. The van der Waals surface area contributed by atoms with Crippen LogP contribution in [0, 0.1) is 0 Å². The van der Waals surface area contributed by atoms with Crippen LogP contribution in [0.1, 0.15) is 25.8 Å². The Morgan fingerprint density at radius 3 is 3.19 bits per heavy atom. The Morgan fingerprint density at radius 1 is 1.57 bits per heavy atom. The number of nitrogens with zero attached hydrogens (tertiary/aromatic N) is 2. The highest BCUT2D eigenvalue weighted by Gasteiger charge is 2.23. The van der Waals surface area contributed by atoms with Crippen LogP contribution in [0.3, 0.4) is 0 Å². The van der Waals surface area contributed by atoms with E-state index in [1.165, 1.54) is 10.4 Å². The monoisotopic (exact) mass is 386 g/mol. The van der Waals surface area contributed by atoms with Crippen molar-refractivity contribution in [3.63, 3.8) is 0 Å². The van der Waals surface area contributed by atoms with Gasteiger partial charge in [0.05, 0.1) is 28.7 Å². The average molecular weight is 387 g/mol. The molecule has 2 aromatic rings. The number of thiophene rings is 1. The molecule has 21 heavy (non-hydrogen) atoms. The number of thioether (sulfide) groups is 1. The Labute approximate surface area is 140 Å². The predicted molar refractivity (Wildman–Crippen MR) is 89.4 cm³/mol. The third-order valence-electron chi connectivity index (χ3n) is 3.37. The van der Waals surface area contributed by atoms with Gasteiger partial charge in [-0.15, -0.1) is 11.3 Å². The lowest BCUT2D eigenvalue weighted by atomic mass is 10.2. The Balaban J connectivity index is 1.91. The van der Waals surface area contributed by atoms with E-state index in [0.29, 0.717) is 18.8 Å². The van der Waals surface area contributed by atoms with Crippen molar-refractivity contribution in [2.45, 2.75) is 18.7 Å². The number of aryl methyl sites for hydroxylation is 1. The van der Waals surface area contributed by atoms with Crippen molar-refractivity contribution in [3.05, 3.63) is 37.7 Å². The number of halogens is 1. The number of hydrogen-bond donors (Lipinski definition) is 0. The maximum absolute atomic E-state index is 12.8. The zero-order chi connectivity index (χ0) is 14.8. The molecule has 0 unspecified atom stereocenters. The first-order chi connectivity index (χ1) is 10.2. The predicted octanol–water partition coefficient (Wildman–Crippen LogP) is 3.37. The second kappa shape index (κ2) is 6.64. The highest BCUT2D eigenvalue weighted by Crippen LogP contribution is 2.33. The molecule has 112 valence electrons. The molecule has 3 heterocycles. The zero-order valence-electron chi connectivity index (χ0n) is 11.6. The van der Waals surface area contributed by atoms with Crippen molar-refractivity contribution in [1.29, 1.82) is 0 Å². The van der Waals surface area contributed by atoms with Crippen LogP contribution in [-0.2, 0) is 23.5 Å². The lowest BCUT2D eigenvalue weighted by Gasteiger charge is -2.08. The summed E-state index contributed by atoms with van der Waals surface area (Å²) in [5, 5.41) is 4.25. The summed E-state index contributed by atoms with van der Waals surface area (Å²) in [6.07, 6.45) is 2.74. The van der Waals surface area contributed by atoms with Crippen molar-refractivity contribution in [2.75, 3.05) is 19.5 Å². The van der Waals surface area contributed by atoms with Crippen LogP contribution < -0.4 is 0 Å². The minimum atomic E-state index is 0.0416. The molecule has 0 amide bonds. The molecule has 0 saturated carbocycles. The topological polar surface area (TPSA) is 44.1 Å². The standard InChI is InChI=1S/C14H15BrN2O2S2/c1-19-4-3-17-13(10(15)7-16-17)14(18)12-6-9-8-20-5-2-11(9)21-12/h6-7H,2-5,8H2,1H3. The lowest BCUT2D eigenvalue weighted by Crippen LogP contribution is -2.14. The van der Waals surface area contributed by atoms with Gasteiger partial charge in [0.2, 0.25) is 5.78 Å². The molecule has 0 bridgehead atoms. The van der Waals surface area contributed by atoms with Gasteiger partial charge in [0, 0.05) is 17.7 Å². The fraction of sp³-hybridized carbons (Fsp3) is 0.429. The van der Waals surface area contributed by atoms with Gasteiger partial charge in [-0.2, -0.15) is 16.9 Å². The number of ether oxygens (including phenoxy) is 1. The van der Waals surface area contributed by atoms with E-state index >= 15 is 0 Å². The molecular formula is C14H15BrN2O2S2. The molecule has 2 aromatic heterocycles. The summed E-state index contributed by atoms with van der Waals surface area (Å²) in [5.74, 6) is 2.21. The summed E-state index contributed by atoms with van der Waals surface area (Å²) in [6.45, 7) is 1.11. The average Bonchev–Trinajstić information content (AvgIpc) is 3.08. The van der Waals surface area contributed by atoms with Crippen LogP contribution in [0.25, 0.3) is 0 Å². The minimum Gasteiger partial charge on any atom is -0.383 e. The highest BCUT2D eigenvalue weighted by molar-refractivity contribution is 9.10. The minimum absolute atomic E-state index is 0.0416. The molecule has 1 aliphatic rings. The molecule has 0 N–H and O–H groups in total. The first-order valence-electron chi connectivity index (χ1n) is 6.65. The number of carbonyl (C=O) groups excluding carboxylic acids is 1. The summed E-state index contributed by atoms with van der Waals surface area (Å²) >= 11 is 6.99. The number of fused-ring (bicyclic) bond motifs is 1. The molecule has 0 atom stereocenters. The number of aromatic nitrogens is 2. The molecule has 4 nitrogen and oxygen atoms in total. The van der Waals surface area contributed by atoms with Gasteiger partial charge in [0.25, 0.3) is 0 Å². The number of rotatable bonds is 5. The smallest absolute Gasteiger partial charge is 0.222 e. The number of carbonyl (C=O) groups is 1. The first kappa shape index (κ1) is 15.3. The van der Waals surface area contributed by atoms with E-state index in [-0.39, 0.29) is 5.78 Å².